The normalized spacial score (nSPS) is 15.8. The molecule has 1 aromatic rings. The summed E-state index contributed by atoms with van der Waals surface area (Å²) in [7, 11) is -3.37. The summed E-state index contributed by atoms with van der Waals surface area (Å²) in [5, 5.41) is 0. The Morgan fingerprint density at radius 3 is 2.05 bits per heavy atom. The van der Waals surface area contributed by atoms with Crippen molar-refractivity contribution < 1.29 is 8.42 Å². The molecule has 0 atom stereocenters. The van der Waals surface area contributed by atoms with E-state index in [9.17, 15) is 8.42 Å². The molecule has 1 aliphatic heterocycles. The molecule has 0 bridgehead atoms. The van der Waals surface area contributed by atoms with E-state index in [1.807, 2.05) is 49.9 Å². The molecule has 0 unspecified atom stereocenters. The zero-order valence-corrected chi connectivity index (χ0v) is 13.6. The third kappa shape index (κ3) is 4.96. The van der Waals surface area contributed by atoms with E-state index >= 15 is 0 Å². The molecule has 0 radical (unpaired) electrons. The lowest BCUT2D eigenvalue weighted by Crippen LogP contribution is -2.29. The summed E-state index contributed by atoms with van der Waals surface area (Å²) in [6.45, 7) is 7.76. The first-order valence-corrected chi connectivity index (χ1v) is 8.92. The number of amidine groups is 1. The molecular weight excluding hydrogens is 272 g/mol. The number of nitrogens with zero attached hydrogens (tertiary/aromatic N) is 2. The highest BCUT2D eigenvalue weighted by molar-refractivity contribution is 7.89. The Hall–Kier alpha value is -1.36. The van der Waals surface area contributed by atoms with Crippen molar-refractivity contribution in [2.45, 2.75) is 33.6 Å². The minimum absolute atomic E-state index is 0.579. The number of aryl methyl sites for hydroxylation is 1. The fraction of sp³-hybridized carbons (Fsp3) is 0.533. The predicted octanol–water partition coefficient (Wildman–Crippen LogP) is 2.82. The standard InChI is InChI=1S/C13H18N2O2S.C2H6/c1-11-5-7-12(8-6-11)13(14-18(2,16)17)15-9-3-4-10-15;1-2/h5-8H,3-4,9-10H2,1-2H3;1-2H3/b14-13-;. The lowest BCUT2D eigenvalue weighted by Gasteiger charge is -2.19. The van der Waals surface area contributed by atoms with Crippen molar-refractivity contribution in [3.05, 3.63) is 35.4 Å². The van der Waals surface area contributed by atoms with Crippen molar-refractivity contribution >= 4 is 15.9 Å². The Morgan fingerprint density at radius 1 is 1.10 bits per heavy atom. The van der Waals surface area contributed by atoms with E-state index in [4.69, 9.17) is 0 Å². The summed E-state index contributed by atoms with van der Waals surface area (Å²) in [5.74, 6) is 0.579. The molecule has 1 saturated heterocycles. The van der Waals surface area contributed by atoms with Crippen molar-refractivity contribution in [1.29, 1.82) is 0 Å². The Morgan fingerprint density at radius 2 is 1.60 bits per heavy atom. The van der Waals surface area contributed by atoms with Crippen LogP contribution < -0.4 is 0 Å². The van der Waals surface area contributed by atoms with Crippen molar-refractivity contribution in [2.24, 2.45) is 4.40 Å². The maximum absolute atomic E-state index is 11.4. The summed E-state index contributed by atoms with van der Waals surface area (Å²) in [4.78, 5) is 2.05. The Bertz CT molecular complexity index is 542. The van der Waals surface area contributed by atoms with Gasteiger partial charge in [-0.15, -0.1) is 4.40 Å². The van der Waals surface area contributed by atoms with Crippen LogP contribution in [0.2, 0.25) is 0 Å². The SMILES string of the molecule is CC.Cc1ccc(/C(=N/S(C)(=O)=O)N2CCCC2)cc1. The van der Waals surface area contributed by atoms with E-state index in [2.05, 4.69) is 4.40 Å². The number of likely N-dealkylation sites (tertiary alicyclic amines) is 1. The maximum atomic E-state index is 11.4. The van der Waals surface area contributed by atoms with Crippen LogP contribution in [0.3, 0.4) is 0 Å². The molecule has 0 spiro atoms. The van der Waals surface area contributed by atoms with Crippen LogP contribution >= 0.6 is 0 Å². The van der Waals surface area contributed by atoms with Crippen molar-refractivity contribution in [3.63, 3.8) is 0 Å². The third-order valence-corrected chi connectivity index (χ3v) is 3.47. The molecule has 1 heterocycles. The van der Waals surface area contributed by atoms with Crippen LogP contribution in [0, 0.1) is 6.92 Å². The molecule has 2 rings (SSSR count). The molecule has 20 heavy (non-hydrogen) atoms. The van der Waals surface area contributed by atoms with Gasteiger partial charge in [0.1, 0.15) is 5.84 Å². The molecule has 0 aliphatic carbocycles. The molecule has 1 aliphatic rings. The second-order valence-electron chi connectivity index (χ2n) is 4.71. The van der Waals surface area contributed by atoms with Crippen molar-refractivity contribution in [1.82, 2.24) is 4.90 Å². The van der Waals surface area contributed by atoms with Crippen LogP contribution in [-0.4, -0.2) is 38.5 Å². The van der Waals surface area contributed by atoms with Crippen LogP contribution in [-0.2, 0) is 10.0 Å². The minimum atomic E-state index is -3.37. The smallest absolute Gasteiger partial charge is 0.252 e. The van der Waals surface area contributed by atoms with E-state index in [0.29, 0.717) is 5.84 Å². The highest BCUT2D eigenvalue weighted by atomic mass is 32.2. The van der Waals surface area contributed by atoms with Crippen LogP contribution in [0.25, 0.3) is 0 Å². The minimum Gasteiger partial charge on any atom is -0.355 e. The van der Waals surface area contributed by atoms with Crippen molar-refractivity contribution in [3.8, 4) is 0 Å². The molecule has 0 saturated carbocycles. The summed E-state index contributed by atoms with van der Waals surface area (Å²) < 4.78 is 26.8. The lowest BCUT2D eigenvalue weighted by molar-refractivity contribution is 0.520. The second-order valence-corrected chi connectivity index (χ2v) is 6.36. The second kappa shape index (κ2) is 7.43. The van der Waals surface area contributed by atoms with Gasteiger partial charge >= 0.3 is 0 Å². The first kappa shape index (κ1) is 16.7. The van der Waals surface area contributed by atoms with Crippen LogP contribution in [0.5, 0.6) is 0 Å². The molecular formula is C15H24N2O2S. The highest BCUT2D eigenvalue weighted by Crippen LogP contribution is 2.15. The van der Waals surface area contributed by atoms with Gasteiger partial charge in [0.25, 0.3) is 10.0 Å². The summed E-state index contributed by atoms with van der Waals surface area (Å²) in [6.07, 6.45) is 3.32. The average Bonchev–Trinajstić information content (AvgIpc) is 2.92. The third-order valence-electron chi connectivity index (χ3n) is 2.97. The number of benzene rings is 1. The zero-order valence-electron chi connectivity index (χ0n) is 12.8. The topological polar surface area (TPSA) is 49.7 Å². The van der Waals surface area contributed by atoms with Gasteiger partial charge < -0.3 is 4.90 Å². The number of rotatable bonds is 2. The van der Waals surface area contributed by atoms with Crippen LogP contribution in [0.4, 0.5) is 0 Å². The zero-order chi connectivity index (χ0) is 15.2. The molecule has 5 heteroatoms. The Kier molecular flexibility index (Phi) is 6.20. The summed E-state index contributed by atoms with van der Waals surface area (Å²) in [6, 6.07) is 7.81. The summed E-state index contributed by atoms with van der Waals surface area (Å²) >= 11 is 0. The molecule has 0 aromatic heterocycles. The Balaban J connectivity index is 0.000000956. The molecule has 4 nitrogen and oxygen atoms in total. The van der Waals surface area contributed by atoms with Gasteiger partial charge in [-0.3, -0.25) is 0 Å². The quantitative estimate of drug-likeness (QED) is 0.623. The molecule has 0 N–H and O–H groups in total. The van der Waals surface area contributed by atoms with E-state index in [1.165, 1.54) is 0 Å². The first-order valence-electron chi connectivity index (χ1n) is 7.08. The van der Waals surface area contributed by atoms with Crippen molar-refractivity contribution in [2.75, 3.05) is 19.3 Å². The van der Waals surface area contributed by atoms with Crippen LogP contribution in [0.1, 0.15) is 37.8 Å². The van der Waals surface area contributed by atoms with Gasteiger partial charge in [0, 0.05) is 18.7 Å². The number of sulfonamides is 1. The van der Waals surface area contributed by atoms with E-state index in [1.54, 1.807) is 0 Å². The predicted molar refractivity (Wildman–Crippen MR) is 84.7 cm³/mol. The summed E-state index contributed by atoms with van der Waals surface area (Å²) in [5.41, 5.74) is 2.02. The fourth-order valence-electron chi connectivity index (χ4n) is 2.08. The maximum Gasteiger partial charge on any atom is 0.252 e. The van der Waals surface area contributed by atoms with Gasteiger partial charge in [-0.05, 0) is 19.8 Å². The monoisotopic (exact) mass is 296 g/mol. The molecule has 1 fully saturated rings. The van der Waals surface area contributed by atoms with Gasteiger partial charge in [0.15, 0.2) is 0 Å². The number of hydrogen-bond donors (Lipinski definition) is 0. The Labute approximate surface area is 122 Å². The molecule has 0 amide bonds. The molecule has 112 valence electrons. The van der Waals surface area contributed by atoms with Gasteiger partial charge in [0.2, 0.25) is 0 Å². The van der Waals surface area contributed by atoms with Gasteiger partial charge in [-0.1, -0.05) is 43.7 Å². The van der Waals surface area contributed by atoms with Crippen LogP contribution in [0.15, 0.2) is 28.7 Å². The largest absolute Gasteiger partial charge is 0.355 e. The van der Waals surface area contributed by atoms with E-state index in [-0.39, 0.29) is 0 Å². The highest BCUT2D eigenvalue weighted by Gasteiger charge is 2.19. The van der Waals surface area contributed by atoms with Gasteiger partial charge in [-0.2, -0.15) is 0 Å². The van der Waals surface area contributed by atoms with Gasteiger partial charge in [0.05, 0.1) is 6.26 Å². The lowest BCUT2D eigenvalue weighted by atomic mass is 10.1. The van der Waals surface area contributed by atoms with Gasteiger partial charge in [-0.25, -0.2) is 8.42 Å². The molecule has 1 aromatic carbocycles. The number of hydrogen-bond acceptors (Lipinski definition) is 2. The van der Waals surface area contributed by atoms with E-state index < -0.39 is 10.0 Å². The first-order chi connectivity index (χ1) is 9.46. The average molecular weight is 296 g/mol. The van der Waals surface area contributed by atoms with E-state index in [0.717, 1.165) is 43.3 Å². The fourth-order valence-corrected chi connectivity index (χ4v) is 2.62.